The van der Waals surface area contributed by atoms with E-state index >= 15 is 0 Å². The van der Waals surface area contributed by atoms with Crippen LogP contribution in [0.1, 0.15) is 26.2 Å². The molecule has 110 valence electrons. The second kappa shape index (κ2) is 7.24. The van der Waals surface area contributed by atoms with Gasteiger partial charge in [0, 0.05) is 24.8 Å². The molecule has 2 heterocycles. The van der Waals surface area contributed by atoms with Crippen LogP contribution in [0.3, 0.4) is 0 Å². The molecule has 0 aromatic carbocycles. The quantitative estimate of drug-likeness (QED) is 0.838. The molecule has 20 heavy (non-hydrogen) atoms. The van der Waals surface area contributed by atoms with Crippen molar-refractivity contribution in [1.29, 1.82) is 0 Å². The van der Waals surface area contributed by atoms with Gasteiger partial charge in [0.15, 0.2) is 0 Å². The van der Waals surface area contributed by atoms with Gasteiger partial charge in [-0.05, 0) is 38.4 Å². The Labute approximate surface area is 119 Å². The second-order valence-electron chi connectivity index (χ2n) is 5.28. The van der Waals surface area contributed by atoms with Gasteiger partial charge in [-0.2, -0.15) is 0 Å². The van der Waals surface area contributed by atoms with Crippen molar-refractivity contribution in [2.75, 3.05) is 19.6 Å². The fourth-order valence-corrected chi connectivity index (χ4v) is 2.67. The van der Waals surface area contributed by atoms with Crippen LogP contribution in [0.4, 0.5) is 0 Å². The molecule has 1 aliphatic rings. The van der Waals surface area contributed by atoms with Crippen molar-refractivity contribution in [3.8, 4) is 0 Å². The first-order valence-corrected chi connectivity index (χ1v) is 7.37. The molecule has 1 amide bonds. The Morgan fingerprint density at radius 2 is 2.10 bits per heavy atom. The Balaban J connectivity index is 1.82. The third-order valence-corrected chi connectivity index (χ3v) is 3.88. The van der Waals surface area contributed by atoms with Gasteiger partial charge < -0.3 is 9.88 Å². The Morgan fingerprint density at radius 1 is 1.35 bits per heavy atom. The number of carbonyl (C=O) groups excluding carboxylic acids is 1. The van der Waals surface area contributed by atoms with E-state index in [9.17, 15) is 9.59 Å². The number of likely N-dealkylation sites (tertiary alicyclic amines) is 1. The third-order valence-electron chi connectivity index (χ3n) is 3.88. The molecule has 5 nitrogen and oxygen atoms in total. The average molecular weight is 277 g/mol. The van der Waals surface area contributed by atoms with E-state index < -0.39 is 0 Å². The number of hydrogen-bond donors (Lipinski definition) is 1. The summed E-state index contributed by atoms with van der Waals surface area (Å²) in [6.45, 7) is 5.17. The summed E-state index contributed by atoms with van der Waals surface area (Å²) in [7, 11) is 0. The summed E-state index contributed by atoms with van der Waals surface area (Å²) < 4.78 is 1.42. The molecule has 0 bridgehead atoms. The molecule has 2 rings (SSSR count). The minimum absolute atomic E-state index is 0.0934. The summed E-state index contributed by atoms with van der Waals surface area (Å²) in [5, 5.41) is 2.95. The number of pyridine rings is 1. The summed E-state index contributed by atoms with van der Waals surface area (Å²) in [5.74, 6) is -0.101. The maximum atomic E-state index is 11.9. The number of carbonyl (C=O) groups is 1. The van der Waals surface area contributed by atoms with Gasteiger partial charge in [0.1, 0.15) is 6.54 Å². The SMILES string of the molecule is CC[C@@H](CNC(=O)Cn1ccccc1=O)N1CCCC1. The summed E-state index contributed by atoms with van der Waals surface area (Å²) in [4.78, 5) is 25.9. The van der Waals surface area contributed by atoms with E-state index in [0.717, 1.165) is 19.5 Å². The average Bonchev–Trinajstić information content (AvgIpc) is 2.96. The van der Waals surface area contributed by atoms with Crippen LogP contribution in [0.2, 0.25) is 0 Å². The minimum Gasteiger partial charge on any atom is -0.353 e. The van der Waals surface area contributed by atoms with Crippen LogP contribution >= 0.6 is 0 Å². The lowest BCUT2D eigenvalue weighted by Crippen LogP contribution is -2.43. The molecule has 1 aromatic rings. The predicted molar refractivity (Wildman–Crippen MR) is 78.6 cm³/mol. The second-order valence-corrected chi connectivity index (χ2v) is 5.28. The van der Waals surface area contributed by atoms with Gasteiger partial charge in [-0.25, -0.2) is 0 Å². The van der Waals surface area contributed by atoms with Crippen molar-refractivity contribution in [2.45, 2.75) is 38.8 Å². The standard InChI is InChI=1S/C15H23N3O2/c1-2-13(17-8-5-6-9-17)11-16-14(19)12-18-10-4-3-7-15(18)20/h3-4,7,10,13H,2,5-6,8-9,11-12H2,1H3,(H,16,19)/t13-/m0/s1. The highest BCUT2D eigenvalue weighted by molar-refractivity contribution is 5.75. The van der Waals surface area contributed by atoms with Crippen molar-refractivity contribution in [1.82, 2.24) is 14.8 Å². The van der Waals surface area contributed by atoms with Crippen LogP contribution in [-0.2, 0) is 11.3 Å². The molecule has 0 aliphatic carbocycles. The van der Waals surface area contributed by atoms with Gasteiger partial charge in [-0.15, -0.1) is 0 Å². The van der Waals surface area contributed by atoms with Crippen molar-refractivity contribution < 1.29 is 4.79 Å². The van der Waals surface area contributed by atoms with E-state index in [1.165, 1.54) is 23.5 Å². The van der Waals surface area contributed by atoms with E-state index in [2.05, 4.69) is 17.1 Å². The zero-order valence-electron chi connectivity index (χ0n) is 12.0. The first-order valence-electron chi connectivity index (χ1n) is 7.37. The van der Waals surface area contributed by atoms with Gasteiger partial charge in [0.05, 0.1) is 0 Å². The number of aromatic nitrogens is 1. The number of nitrogens with zero attached hydrogens (tertiary/aromatic N) is 2. The molecule has 1 N–H and O–H groups in total. The topological polar surface area (TPSA) is 54.3 Å². The fraction of sp³-hybridized carbons (Fsp3) is 0.600. The molecule has 0 unspecified atom stereocenters. The third kappa shape index (κ3) is 3.93. The van der Waals surface area contributed by atoms with E-state index in [1.807, 2.05) is 0 Å². The van der Waals surface area contributed by atoms with Crippen LogP contribution in [-0.4, -0.2) is 41.1 Å². The van der Waals surface area contributed by atoms with Gasteiger partial charge in [-0.3, -0.25) is 14.5 Å². The highest BCUT2D eigenvalue weighted by Crippen LogP contribution is 2.13. The van der Waals surface area contributed by atoms with Gasteiger partial charge in [0.25, 0.3) is 5.56 Å². The van der Waals surface area contributed by atoms with Crippen LogP contribution in [0.5, 0.6) is 0 Å². The van der Waals surface area contributed by atoms with Gasteiger partial charge >= 0.3 is 0 Å². The van der Waals surface area contributed by atoms with Crippen molar-refractivity contribution in [3.05, 3.63) is 34.7 Å². The summed E-state index contributed by atoms with van der Waals surface area (Å²) in [6, 6.07) is 5.31. The van der Waals surface area contributed by atoms with Crippen LogP contribution in [0, 0.1) is 0 Å². The molecule has 1 saturated heterocycles. The van der Waals surface area contributed by atoms with Crippen LogP contribution < -0.4 is 10.9 Å². The highest BCUT2D eigenvalue weighted by Gasteiger charge is 2.20. The lowest BCUT2D eigenvalue weighted by atomic mass is 10.2. The smallest absolute Gasteiger partial charge is 0.250 e. The van der Waals surface area contributed by atoms with Crippen LogP contribution in [0.25, 0.3) is 0 Å². The van der Waals surface area contributed by atoms with Crippen molar-refractivity contribution in [2.24, 2.45) is 0 Å². The monoisotopic (exact) mass is 277 g/mol. The number of nitrogens with one attached hydrogen (secondary N) is 1. The Kier molecular flexibility index (Phi) is 5.35. The Morgan fingerprint density at radius 3 is 2.75 bits per heavy atom. The van der Waals surface area contributed by atoms with Gasteiger partial charge in [0.2, 0.25) is 5.91 Å². The number of hydrogen-bond acceptors (Lipinski definition) is 3. The lowest BCUT2D eigenvalue weighted by molar-refractivity contribution is -0.121. The maximum Gasteiger partial charge on any atom is 0.250 e. The molecular weight excluding hydrogens is 254 g/mol. The van der Waals surface area contributed by atoms with Crippen molar-refractivity contribution in [3.63, 3.8) is 0 Å². The molecule has 0 radical (unpaired) electrons. The summed E-state index contributed by atoms with van der Waals surface area (Å²) in [5.41, 5.74) is -0.144. The normalized spacial score (nSPS) is 17.1. The van der Waals surface area contributed by atoms with E-state index in [0.29, 0.717) is 12.6 Å². The zero-order valence-corrected chi connectivity index (χ0v) is 12.0. The summed E-state index contributed by atoms with van der Waals surface area (Å²) in [6.07, 6.45) is 5.18. The largest absolute Gasteiger partial charge is 0.353 e. The van der Waals surface area contributed by atoms with E-state index in [4.69, 9.17) is 0 Å². The molecule has 1 fully saturated rings. The number of amides is 1. The van der Waals surface area contributed by atoms with E-state index in [-0.39, 0.29) is 18.0 Å². The lowest BCUT2D eigenvalue weighted by Gasteiger charge is -2.26. The van der Waals surface area contributed by atoms with Gasteiger partial charge in [-0.1, -0.05) is 13.0 Å². The molecular formula is C15H23N3O2. The first-order chi connectivity index (χ1) is 9.70. The highest BCUT2D eigenvalue weighted by atomic mass is 16.2. The predicted octanol–water partition coefficient (Wildman–Crippen LogP) is 0.839. The van der Waals surface area contributed by atoms with Crippen LogP contribution in [0.15, 0.2) is 29.2 Å². The number of rotatable bonds is 6. The zero-order chi connectivity index (χ0) is 14.4. The Bertz CT molecular complexity index is 492. The van der Waals surface area contributed by atoms with Crippen molar-refractivity contribution >= 4 is 5.91 Å². The minimum atomic E-state index is -0.144. The summed E-state index contributed by atoms with van der Waals surface area (Å²) >= 11 is 0. The molecule has 5 heteroatoms. The molecule has 0 spiro atoms. The molecule has 1 atom stereocenters. The molecule has 1 aliphatic heterocycles. The molecule has 0 saturated carbocycles. The molecule has 1 aromatic heterocycles. The Hall–Kier alpha value is -1.62. The fourth-order valence-electron chi connectivity index (χ4n) is 2.67. The maximum absolute atomic E-state index is 11.9. The first kappa shape index (κ1) is 14.8. The van der Waals surface area contributed by atoms with E-state index in [1.54, 1.807) is 18.3 Å².